The van der Waals surface area contributed by atoms with Crippen molar-refractivity contribution in [3.8, 4) is 12.1 Å². The molecule has 1 N–H and O–H groups in total. The smallest absolute Gasteiger partial charge is 0.421 e. The molecule has 230 valence electrons. The Morgan fingerprint density at radius 3 is 2.67 bits per heavy atom. The molecule has 1 unspecified atom stereocenters. The summed E-state index contributed by atoms with van der Waals surface area (Å²) in [5.41, 5.74) is -0.423. The molecule has 2 saturated heterocycles. The van der Waals surface area contributed by atoms with Gasteiger partial charge in [0.05, 0.1) is 42.6 Å². The number of likely N-dealkylation sites (tertiary alicyclic amines) is 1. The van der Waals surface area contributed by atoms with Gasteiger partial charge in [0.1, 0.15) is 23.8 Å². The van der Waals surface area contributed by atoms with Gasteiger partial charge in [0, 0.05) is 44.3 Å². The van der Waals surface area contributed by atoms with Crippen LogP contribution in [0.4, 0.5) is 29.1 Å². The number of fused-ring (bicyclic) bond motifs is 1. The first-order chi connectivity index (χ1) is 20.5. The number of carbonyl (C=O) groups is 1. The number of aromatic nitrogens is 2. The van der Waals surface area contributed by atoms with E-state index in [1.807, 2.05) is 16.8 Å². The van der Waals surface area contributed by atoms with Crippen molar-refractivity contribution in [1.29, 1.82) is 5.26 Å². The van der Waals surface area contributed by atoms with Crippen molar-refractivity contribution >= 4 is 17.4 Å². The van der Waals surface area contributed by atoms with Gasteiger partial charge in [-0.2, -0.15) is 28.4 Å². The second-order valence-corrected chi connectivity index (χ2v) is 11.1. The molecule has 5 rings (SSSR count). The van der Waals surface area contributed by atoms with Gasteiger partial charge in [-0.25, -0.2) is 4.39 Å². The summed E-state index contributed by atoms with van der Waals surface area (Å²) in [6, 6.07) is 4.95. The average Bonchev–Trinajstić information content (AvgIpc) is 3.30. The third-order valence-corrected chi connectivity index (χ3v) is 8.28. The van der Waals surface area contributed by atoms with E-state index in [1.54, 1.807) is 4.90 Å². The van der Waals surface area contributed by atoms with E-state index in [2.05, 4.69) is 17.6 Å². The number of hydrogen-bond donors (Lipinski definition) is 1. The molecule has 1 amide bonds. The van der Waals surface area contributed by atoms with Crippen molar-refractivity contribution in [1.82, 2.24) is 19.8 Å². The molecule has 14 heteroatoms. The van der Waals surface area contributed by atoms with Gasteiger partial charge in [-0.05, 0) is 38.1 Å². The first kappa shape index (κ1) is 30.5. The topological polar surface area (TPSA) is 109 Å². The van der Waals surface area contributed by atoms with Gasteiger partial charge < -0.3 is 24.5 Å². The zero-order valence-electron chi connectivity index (χ0n) is 23.7. The fourth-order valence-electron chi connectivity index (χ4n) is 6.13. The monoisotopic (exact) mass is 603 g/mol. The molecular formula is C29H33F4N7O3. The maximum atomic E-state index is 14.4. The number of aliphatic hydroxyl groups excluding tert-OH is 1. The number of carbonyl (C=O) groups excluding carboxylic acids is 1. The Hall–Kier alpha value is -3.96. The Labute approximate surface area is 246 Å². The van der Waals surface area contributed by atoms with Crippen LogP contribution in [-0.4, -0.2) is 95.3 Å². The molecule has 3 aliphatic rings. The fourth-order valence-corrected chi connectivity index (χ4v) is 6.13. The lowest BCUT2D eigenvalue weighted by molar-refractivity contribution is -0.139. The molecule has 2 aromatic rings. The van der Waals surface area contributed by atoms with Crippen molar-refractivity contribution in [2.24, 2.45) is 0 Å². The number of piperazine rings is 1. The lowest BCUT2D eigenvalue weighted by Gasteiger charge is -2.42. The predicted molar refractivity (Wildman–Crippen MR) is 149 cm³/mol. The maximum Gasteiger partial charge on any atom is 0.421 e. The molecule has 3 atom stereocenters. The van der Waals surface area contributed by atoms with E-state index in [1.165, 1.54) is 23.1 Å². The highest BCUT2D eigenvalue weighted by molar-refractivity contribution is 5.87. The number of likely N-dealkylation sites (N-methyl/N-ethyl adjacent to an activating group) is 1. The van der Waals surface area contributed by atoms with Crippen molar-refractivity contribution < 1.29 is 32.2 Å². The molecule has 0 radical (unpaired) electrons. The molecule has 2 fully saturated rings. The summed E-state index contributed by atoms with van der Waals surface area (Å²) in [7, 11) is 1.87. The Kier molecular flexibility index (Phi) is 8.75. The molecule has 43 heavy (non-hydrogen) atoms. The number of nitrogens with zero attached hydrogens (tertiary/aromatic N) is 7. The van der Waals surface area contributed by atoms with E-state index in [-0.39, 0.29) is 56.2 Å². The number of amides is 1. The van der Waals surface area contributed by atoms with Gasteiger partial charge in [-0.1, -0.05) is 12.6 Å². The molecule has 10 nitrogen and oxygen atoms in total. The zero-order chi connectivity index (χ0) is 30.9. The predicted octanol–water partition coefficient (Wildman–Crippen LogP) is 2.76. The summed E-state index contributed by atoms with van der Waals surface area (Å²) in [6.45, 7) is 5.40. The number of hydrogen-bond acceptors (Lipinski definition) is 9. The van der Waals surface area contributed by atoms with Crippen molar-refractivity contribution in [3.63, 3.8) is 0 Å². The van der Waals surface area contributed by atoms with E-state index in [9.17, 15) is 32.7 Å². The molecule has 4 heterocycles. The summed E-state index contributed by atoms with van der Waals surface area (Å²) < 4.78 is 62.0. The number of benzene rings is 1. The summed E-state index contributed by atoms with van der Waals surface area (Å²) >= 11 is 0. The van der Waals surface area contributed by atoms with Gasteiger partial charge in [0.2, 0.25) is 5.91 Å². The third-order valence-electron chi connectivity index (χ3n) is 8.28. The largest absolute Gasteiger partial charge is 0.462 e. The zero-order valence-corrected chi connectivity index (χ0v) is 23.7. The third kappa shape index (κ3) is 6.37. The number of β-amino-alcohol motifs (C(OH)–C–C–N with tert-alkyl or cyclic N) is 1. The normalized spacial score (nSPS) is 22.7. The van der Waals surface area contributed by atoms with Crippen LogP contribution in [-0.2, 0) is 23.9 Å². The number of nitriles is 1. The van der Waals surface area contributed by atoms with Crippen LogP contribution in [0.25, 0.3) is 0 Å². The molecule has 3 aliphatic heterocycles. The van der Waals surface area contributed by atoms with E-state index < -0.39 is 29.7 Å². The number of anilines is 2. The van der Waals surface area contributed by atoms with Crippen LogP contribution in [0.15, 0.2) is 30.9 Å². The summed E-state index contributed by atoms with van der Waals surface area (Å²) in [5.74, 6) is -1.09. The summed E-state index contributed by atoms with van der Waals surface area (Å²) in [5, 5.41) is 19.4. The highest BCUT2D eigenvalue weighted by Gasteiger charge is 2.40. The maximum absolute atomic E-state index is 14.4. The van der Waals surface area contributed by atoms with Crippen molar-refractivity contribution in [3.05, 3.63) is 53.5 Å². The van der Waals surface area contributed by atoms with Crippen LogP contribution < -0.4 is 14.5 Å². The van der Waals surface area contributed by atoms with E-state index >= 15 is 0 Å². The van der Waals surface area contributed by atoms with E-state index in [4.69, 9.17) is 9.72 Å². The molecule has 0 spiro atoms. The molecule has 0 saturated carbocycles. The first-order valence-electron chi connectivity index (χ1n) is 14.1. The second kappa shape index (κ2) is 12.3. The van der Waals surface area contributed by atoms with Gasteiger partial charge in [-0.3, -0.25) is 9.69 Å². The van der Waals surface area contributed by atoms with Gasteiger partial charge in [0.25, 0.3) is 0 Å². The molecule has 1 aromatic heterocycles. The minimum Gasteiger partial charge on any atom is -0.462 e. The Morgan fingerprint density at radius 1 is 1.21 bits per heavy atom. The quantitative estimate of drug-likeness (QED) is 0.378. The number of halogens is 4. The minimum atomic E-state index is -4.89. The van der Waals surface area contributed by atoms with E-state index in [0.717, 1.165) is 11.6 Å². The standard InChI is InChI=1S/C29H33F4N7O3/c1-3-25(42)40-12-11-39(14-18(40)7-9-34)27-21-8-10-38(24-6-4-5-22(30)26(24)29(31,32)33)16-23(21)35-28(36-27)43-17-19-13-20(41)15-37(19)2/h3-6,18-20,41H,1,7-8,10-17H2,2H3/t18?,19-,20+/m1/s1. The van der Waals surface area contributed by atoms with Crippen LogP contribution in [0.5, 0.6) is 6.01 Å². The SMILES string of the molecule is C=CC(=O)N1CCN(c2nc(OC[C@H]3C[C@H](O)CN3C)nc3c2CCN(c2cccc(F)c2C(F)(F)F)C3)CC1CC#N. The minimum absolute atomic E-state index is 0.0297. The molecule has 0 aliphatic carbocycles. The number of aliphatic hydroxyl groups is 1. The molecular weight excluding hydrogens is 570 g/mol. The van der Waals surface area contributed by atoms with Crippen molar-refractivity contribution in [2.45, 2.75) is 50.2 Å². The van der Waals surface area contributed by atoms with Crippen LogP contribution in [0.3, 0.4) is 0 Å². The van der Waals surface area contributed by atoms with Crippen LogP contribution in [0.2, 0.25) is 0 Å². The second-order valence-electron chi connectivity index (χ2n) is 11.1. The van der Waals surface area contributed by atoms with Crippen molar-refractivity contribution in [2.75, 3.05) is 56.2 Å². The van der Waals surface area contributed by atoms with Crippen LogP contribution in [0.1, 0.15) is 29.7 Å². The van der Waals surface area contributed by atoms with Gasteiger partial charge >= 0.3 is 12.2 Å². The Morgan fingerprint density at radius 2 is 2.00 bits per heavy atom. The van der Waals surface area contributed by atoms with Gasteiger partial charge in [-0.15, -0.1) is 0 Å². The summed E-state index contributed by atoms with van der Waals surface area (Å²) in [4.78, 5) is 28.7. The van der Waals surface area contributed by atoms with Crippen LogP contribution in [0, 0.1) is 17.1 Å². The number of alkyl halides is 3. The number of rotatable bonds is 7. The van der Waals surface area contributed by atoms with E-state index in [0.29, 0.717) is 44.1 Å². The fraction of sp³-hybridized carbons (Fsp3) is 0.517. The highest BCUT2D eigenvalue weighted by Crippen LogP contribution is 2.40. The van der Waals surface area contributed by atoms with Crippen LogP contribution >= 0.6 is 0 Å². The summed E-state index contributed by atoms with van der Waals surface area (Å²) in [6.07, 6.45) is -3.26. The number of ether oxygens (including phenoxy) is 1. The lowest BCUT2D eigenvalue weighted by atomic mass is 10.0. The highest BCUT2D eigenvalue weighted by atomic mass is 19.4. The van der Waals surface area contributed by atoms with Gasteiger partial charge in [0.15, 0.2) is 0 Å². The Balaban J connectivity index is 1.49. The first-order valence-corrected chi connectivity index (χ1v) is 14.1. The average molecular weight is 604 g/mol. The molecule has 1 aromatic carbocycles. The lowest BCUT2D eigenvalue weighted by Crippen LogP contribution is -2.55. The Bertz CT molecular complexity index is 1420. The molecule has 0 bridgehead atoms.